The summed E-state index contributed by atoms with van der Waals surface area (Å²) in [5.74, 6) is -0.140. The Morgan fingerprint density at radius 2 is 2.06 bits per heavy atom. The molecule has 0 radical (unpaired) electrons. The molecule has 2 rings (SSSR count). The van der Waals surface area contributed by atoms with Crippen molar-refractivity contribution in [2.45, 2.75) is 25.7 Å². The first-order valence-corrected chi connectivity index (χ1v) is 6.03. The summed E-state index contributed by atoms with van der Waals surface area (Å²) < 4.78 is 5.23. The number of benzene rings is 1. The van der Waals surface area contributed by atoms with Crippen molar-refractivity contribution < 1.29 is 9.53 Å². The summed E-state index contributed by atoms with van der Waals surface area (Å²) in [6.45, 7) is 4.80. The Bertz CT molecular complexity index is 417. The highest BCUT2D eigenvalue weighted by molar-refractivity contribution is 5.89. The van der Waals surface area contributed by atoms with Crippen molar-refractivity contribution in [3.8, 4) is 0 Å². The van der Waals surface area contributed by atoms with Crippen LogP contribution in [-0.2, 0) is 14.9 Å². The van der Waals surface area contributed by atoms with E-state index in [9.17, 15) is 4.79 Å². The summed E-state index contributed by atoms with van der Waals surface area (Å²) >= 11 is 0. The van der Waals surface area contributed by atoms with Crippen LogP contribution in [0.15, 0.2) is 30.3 Å². The molecule has 1 fully saturated rings. The van der Waals surface area contributed by atoms with Gasteiger partial charge in [0.25, 0.3) is 0 Å². The molecule has 1 aliphatic carbocycles. The zero-order valence-corrected chi connectivity index (χ0v) is 10.4. The normalized spacial score (nSPS) is 31.0. The van der Waals surface area contributed by atoms with Gasteiger partial charge in [-0.25, -0.2) is 0 Å². The molecule has 17 heavy (non-hydrogen) atoms. The second-order valence-electron chi connectivity index (χ2n) is 4.93. The van der Waals surface area contributed by atoms with Crippen LogP contribution in [0.25, 0.3) is 0 Å². The van der Waals surface area contributed by atoms with Gasteiger partial charge in [0.2, 0.25) is 0 Å². The lowest BCUT2D eigenvalue weighted by Gasteiger charge is -2.20. The summed E-state index contributed by atoms with van der Waals surface area (Å²) in [6.07, 6.45) is 0.777. The minimum atomic E-state index is -0.529. The molecule has 1 aliphatic rings. The monoisotopic (exact) mass is 233 g/mol. The molecule has 2 unspecified atom stereocenters. The molecule has 0 heterocycles. The summed E-state index contributed by atoms with van der Waals surface area (Å²) in [5.41, 5.74) is 6.13. The minimum absolute atomic E-state index is 0.140. The van der Waals surface area contributed by atoms with E-state index >= 15 is 0 Å². The van der Waals surface area contributed by atoms with Gasteiger partial charge < -0.3 is 10.5 Å². The van der Waals surface area contributed by atoms with Gasteiger partial charge in [0.05, 0.1) is 6.61 Å². The third kappa shape index (κ3) is 1.65. The van der Waals surface area contributed by atoms with Crippen LogP contribution in [0, 0.1) is 5.41 Å². The second-order valence-corrected chi connectivity index (χ2v) is 4.93. The highest BCUT2D eigenvalue weighted by atomic mass is 16.5. The van der Waals surface area contributed by atoms with Gasteiger partial charge in [-0.15, -0.1) is 0 Å². The highest BCUT2D eigenvalue weighted by Crippen LogP contribution is 2.64. The van der Waals surface area contributed by atoms with E-state index in [-0.39, 0.29) is 11.4 Å². The lowest BCUT2D eigenvalue weighted by molar-refractivity contribution is -0.147. The third-order valence-corrected chi connectivity index (χ3v) is 3.90. The van der Waals surface area contributed by atoms with Gasteiger partial charge in [-0.1, -0.05) is 37.3 Å². The molecule has 2 atom stereocenters. The second kappa shape index (κ2) is 4.15. The van der Waals surface area contributed by atoms with Crippen LogP contribution < -0.4 is 5.73 Å². The molecule has 92 valence electrons. The Hall–Kier alpha value is -1.35. The average molecular weight is 233 g/mol. The number of hydrogen-bond acceptors (Lipinski definition) is 3. The molecule has 3 heteroatoms. The maximum Gasteiger partial charge on any atom is 0.317 e. The number of esters is 1. The predicted molar refractivity (Wildman–Crippen MR) is 66.5 cm³/mol. The molecule has 0 aromatic heterocycles. The van der Waals surface area contributed by atoms with Crippen LogP contribution in [0.4, 0.5) is 0 Å². The van der Waals surface area contributed by atoms with E-state index in [0.29, 0.717) is 13.2 Å². The van der Waals surface area contributed by atoms with E-state index in [1.807, 2.05) is 37.3 Å². The fourth-order valence-corrected chi connectivity index (χ4v) is 2.65. The van der Waals surface area contributed by atoms with Gasteiger partial charge in [0, 0.05) is 5.41 Å². The quantitative estimate of drug-likeness (QED) is 0.807. The number of rotatable bonds is 4. The molecule has 0 spiro atoms. The van der Waals surface area contributed by atoms with Gasteiger partial charge in [-0.05, 0) is 25.5 Å². The number of hydrogen-bond donors (Lipinski definition) is 1. The van der Waals surface area contributed by atoms with Gasteiger partial charge in [0.15, 0.2) is 0 Å². The maximum atomic E-state index is 12.2. The van der Waals surface area contributed by atoms with Gasteiger partial charge in [0.1, 0.15) is 5.41 Å². The SMILES string of the molecule is CCOC(=O)C1(c2ccccc2)CC1(C)CN. The average Bonchev–Trinajstić information content (AvgIpc) is 3.00. The molecule has 3 nitrogen and oxygen atoms in total. The van der Waals surface area contributed by atoms with E-state index < -0.39 is 5.41 Å². The summed E-state index contributed by atoms with van der Waals surface area (Å²) in [5, 5.41) is 0. The Morgan fingerprint density at radius 3 is 2.53 bits per heavy atom. The first-order chi connectivity index (χ1) is 8.10. The van der Waals surface area contributed by atoms with Crippen LogP contribution in [0.3, 0.4) is 0 Å². The number of nitrogens with two attached hydrogens (primary N) is 1. The van der Waals surface area contributed by atoms with E-state index in [1.165, 1.54) is 0 Å². The zero-order chi connectivity index (χ0) is 12.5. The summed E-state index contributed by atoms with van der Waals surface area (Å²) in [4.78, 5) is 12.2. The van der Waals surface area contributed by atoms with E-state index in [4.69, 9.17) is 10.5 Å². The van der Waals surface area contributed by atoms with Crippen LogP contribution in [-0.4, -0.2) is 19.1 Å². The van der Waals surface area contributed by atoms with Crippen LogP contribution in [0.1, 0.15) is 25.8 Å². The Morgan fingerprint density at radius 1 is 1.41 bits per heavy atom. The Balaban J connectivity index is 2.38. The molecule has 0 amide bonds. The van der Waals surface area contributed by atoms with Crippen molar-refractivity contribution >= 4 is 5.97 Å². The molecular formula is C14H19NO2. The summed E-state index contributed by atoms with van der Waals surface area (Å²) in [7, 11) is 0. The highest BCUT2D eigenvalue weighted by Gasteiger charge is 2.70. The first-order valence-electron chi connectivity index (χ1n) is 6.03. The van der Waals surface area contributed by atoms with Crippen molar-refractivity contribution in [3.63, 3.8) is 0 Å². The molecule has 2 N–H and O–H groups in total. The molecule has 1 aromatic carbocycles. The van der Waals surface area contributed by atoms with Crippen molar-refractivity contribution in [2.24, 2.45) is 11.1 Å². The van der Waals surface area contributed by atoms with Crippen molar-refractivity contribution in [1.82, 2.24) is 0 Å². The van der Waals surface area contributed by atoms with Gasteiger partial charge in [-0.3, -0.25) is 4.79 Å². The van der Waals surface area contributed by atoms with Crippen LogP contribution in [0.2, 0.25) is 0 Å². The topological polar surface area (TPSA) is 52.3 Å². The fraction of sp³-hybridized carbons (Fsp3) is 0.500. The molecule has 0 saturated heterocycles. The van der Waals surface area contributed by atoms with Gasteiger partial charge in [-0.2, -0.15) is 0 Å². The maximum absolute atomic E-state index is 12.2. The lowest BCUT2D eigenvalue weighted by atomic mass is 9.87. The molecule has 1 aromatic rings. The molecular weight excluding hydrogens is 214 g/mol. The predicted octanol–water partition coefficient (Wildman–Crippen LogP) is 1.86. The van der Waals surface area contributed by atoms with Gasteiger partial charge >= 0.3 is 5.97 Å². The van der Waals surface area contributed by atoms with E-state index in [1.54, 1.807) is 0 Å². The third-order valence-electron chi connectivity index (χ3n) is 3.90. The van der Waals surface area contributed by atoms with E-state index in [0.717, 1.165) is 12.0 Å². The number of carbonyl (C=O) groups is 1. The van der Waals surface area contributed by atoms with Crippen molar-refractivity contribution in [2.75, 3.05) is 13.2 Å². The van der Waals surface area contributed by atoms with E-state index in [2.05, 4.69) is 6.92 Å². The summed E-state index contributed by atoms with van der Waals surface area (Å²) in [6, 6.07) is 9.82. The number of carbonyl (C=O) groups excluding carboxylic acids is 1. The largest absolute Gasteiger partial charge is 0.465 e. The molecule has 0 aliphatic heterocycles. The Kier molecular flexibility index (Phi) is 2.96. The first kappa shape index (κ1) is 12.1. The van der Waals surface area contributed by atoms with Crippen molar-refractivity contribution in [3.05, 3.63) is 35.9 Å². The molecule has 1 saturated carbocycles. The van der Waals surface area contributed by atoms with Crippen molar-refractivity contribution in [1.29, 1.82) is 0 Å². The Labute approximate surface area is 102 Å². The standard InChI is InChI=1S/C14H19NO2/c1-3-17-12(16)14(9-13(14,2)10-15)11-7-5-4-6-8-11/h4-8H,3,9-10,15H2,1-2H3. The minimum Gasteiger partial charge on any atom is -0.465 e. The fourth-order valence-electron chi connectivity index (χ4n) is 2.65. The van der Waals surface area contributed by atoms with Crippen LogP contribution >= 0.6 is 0 Å². The lowest BCUT2D eigenvalue weighted by Crippen LogP contribution is -2.32. The zero-order valence-electron chi connectivity index (χ0n) is 10.4. The smallest absolute Gasteiger partial charge is 0.317 e. The molecule has 0 bridgehead atoms. The number of ether oxygens (including phenoxy) is 1. The van der Waals surface area contributed by atoms with Crippen LogP contribution in [0.5, 0.6) is 0 Å².